The van der Waals surface area contributed by atoms with Crippen LogP contribution in [0.25, 0.3) is 6.08 Å². The van der Waals surface area contributed by atoms with E-state index in [2.05, 4.69) is 13.8 Å². The van der Waals surface area contributed by atoms with Crippen LogP contribution in [-0.2, 0) is 10.0 Å². The molecule has 2 rings (SSSR count). The topological polar surface area (TPSA) is 37.4 Å². The number of hydrogen-bond acceptors (Lipinski definition) is 2. The van der Waals surface area contributed by atoms with E-state index >= 15 is 0 Å². The van der Waals surface area contributed by atoms with Gasteiger partial charge in [-0.1, -0.05) is 43.7 Å². The Hall–Kier alpha value is -1.13. The molecule has 3 nitrogen and oxygen atoms in total. The summed E-state index contributed by atoms with van der Waals surface area (Å²) >= 11 is 0. The molecule has 1 saturated carbocycles. The molecule has 1 fully saturated rings. The third kappa shape index (κ3) is 4.17. The van der Waals surface area contributed by atoms with Gasteiger partial charge in [-0.25, -0.2) is 8.42 Å². The van der Waals surface area contributed by atoms with Gasteiger partial charge in [-0.15, -0.1) is 0 Å². The van der Waals surface area contributed by atoms with Crippen LogP contribution in [0.4, 0.5) is 0 Å². The molecule has 1 aromatic carbocycles. The lowest BCUT2D eigenvalue weighted by Gasteiger charge is -2.29. The lowest BCUT2D eigenvalue weighted by molar-refractivity contribution is 0.272. The smallest absolute Gasteiger partial charge is 0.207 e. The van der Waals surface area contributed by atoms with Crippen LogP contribution in [-0.4, -0.2) is 24.8 Å². The molecule has 4 heteroatoms. The van der Waals surface area contributed by atoms with Crippen molar-refractivity contribution in [1.82, 2.24) is 4.31 Å². The zero-order chi connectivity index (χ0) is 15.6. The molecule has 0 saturated heterocycles. The van der Waals surface area contributed by atoms with E-state index < -0.39 is 10.0 Å². The van der Waals surface area contributed by atoms with Gasteiger partial charge < -0.3 is 0 Å². The molecule has 1 unspecified atom stereocenters. The van der Waals surface area contributed by atoms with E-state index in [0.717, 1.165) is 18.4 Å². The van der Waals surface area contributed by atoms with Crippen LogP contribution < -0.4 is 0 Å². The van der Waals surface area contributed by atoms with Crippen molar-refractivity contribution >= 4 is 16.1 Å². The summed E-state index contributed by atoms with van der Waals surface area (Å²) in [5.41, 5.74) is 2.08. The lowest BCUT2D eigenvalue weighted by Crippen LogP contribution is -2.41. The fraction of sp³-hybridized carbons (Fsp3) is 0.529. The van der Waals surface area contributed by atoms with Gasteiger partial charge in [-0.05, 0) is 44.2 Å². The van der Waals surface area contributed by atoms with E-state index in [1.807, 2.05) is 38.1 Å². The predicted octanol–water partition coefficient (Wildman–Crippen LogP) is 3.80. The maximum atomic E-state index is 12.6. The van der Waals surface area contributed by atoms with Crippen LogP contribution in [0.2, 0.25) is 0 Å². The molecule has 1 aromatic rings. The first-order chi connectivity index (χ1) is 9.81. The highest BCUT2D eigenvalue weighted by molar-refractivity contribution is 7.92. The fourth-order valence-electron chi connectivity index (χ4n) is 2.31. The molecule has 0 N–H and O–H groups in total. The molecule has 0 bridgehead atoms. The van der Waals surface area contributed by atoms with Crippen molar-refractivity contribution in [3.63, 3.8) is 0 Å². The summed E-state index contributed by atoms with van der Waals surface area (Å²) in [6.07, 6.45) is 3.65. The molecule has 21 heavy (non-hydrogen) atoms. The van der Waals surface area contributed by atoms with Crippen molar-refractivity contribution < 1.29 is 8.42 Å². The van der Waals surface area contributed by atoms with Crippen molar-refractivity contribution in [2.75, 3.05) is 0 Å². The van der Waals surface area contributed by atoms with Crippen molar-refractivity contribution in [3.8, 4) is 0 Å². The molecule has 1 aliphatic rings. The highest BCUT2D eigenvalue weighted by atomic mass is 32.2. The molecule has 0 aromatic heterocycles. The summed E-state index contributed by atoms with van der Waals surface area (Å²) in [4.78, 5) is 0. The van der Waals surface area contributed by atoms with Gasteiger partial charge in [0.15, 0.2) is 0 Å². The molecule has 1 atom stereocenters. The van der Waals surface area contributed by atoms with Gasteiger partial charge in [-0.3, -0.25) is 0 Å². The lowest BCUT2D eigenvalue weighted by atomic mass is 10.1. The Balaban J connectivity index is 2.20. The quantitative estimate of drug-likeness (QED) is 0.801. The van der Waals surface area contributed by atoms with Crippen molar-refractivity contribution in [2.45, 2.75) is 52.6 Å². The van der Waals surface area contributed by atoms with Gasteiger partial charge in [0.25, 0.3) is 0 Å². The minimum absolute atomic E-state index is 0.0326. The molecular formula is C17H25NO2S. The molecule has 1 aliphatic carbocycles. The van der Waals surface area contributed by atoms with Gasteiger partial charge in [0.1, 0.15) is 0 Å². The molecule has 0 spiro atoms. The summed E-state index contributed by atoms with van der Waals surface area (Å²) in [5.74, 6) is 0.313. The third-order valence-corrected chi connectivity index (χ3v) is 5.78. The van der Waals surface area contributed by atoms with Crippen LogP contribution in [0, 0.1) is 12.8 Å². The number of sulfonamides is 1. The second-order valence-corrected chi connectivity index (χ2v) is 8.03. The molecule has 0 heterocycles. The van der Waals surface area contributed by atoms with Gasteiger partial charge >= 0.3 is 0 Å². The Kier molecular flexibility index (Phi) is 4.89. The number of hydrogen-bond donors (Lipinski definition) is 0. The molecule has 0 radical (unpaired) electrons. The third-order valence-electron chi connectivity index (χ3n) is 4.08. The second kappa shape index (κ2) is 6.32. The summed E-state index contributed by atoms with van der Waals surface area (Å²) in [6, 6.07) is 8.08. The Morgan fingerprint density at radius 3 is 2.19 bits per heavy atom. The largest absolute Gasteiger partial charge is 0.236 e. The van der Waals surface area contributed by atoms with Crippen LogP contribution in [0.15, 0.2) is 29.7 Å². The number of aryl methyl sites for hydroxylation is 1. The van der Waals surface area contributed by atoms with E-state index in [9.17, 15) is 8.42 Å². The SMILES string of the molecule is Cc1ccc(C=CS(=O)(=O)N(C2CC2)C(C)C(C)C)cc1. The zero-order valence-corrected chi connectivity index (χ0v) is 14.1. The van der Waals surface area contributed by atoms with Crippen molar-refractivity contribution in [1.29, 1.82) is 0 Å². The highest BCUT2D eigenvalue weighted by Crippen LogP contribution is 2.33. The van der Waals surface area contributed by atoms with Crippen molar-refractivity contribution in [3.05, 3.63) is 40.8 Å². The van der Waals surface area contributed by atoms with Gasteiger partial charge in [-0.2, -0.15) is 4.31 Å². The summed E-state index contributed by atoms with van der Waals surface area (Å²) in [7, 11) is -3.36. The normalized spacial score (nSPS) is 17.8. The van der Waals surface area contributed by atoms with Gasteiger partial charge in [0.05, 0.1) is 0 Å². The Bertz CT molecular complexity index is 598. The maximum Gasteiger partial charge on any atom is 0.236 e. The Morgan fingerprint density at radius 1 is 1.14 bits per heavy atom. The second-order valence-electron chi connectivity index (χ2n) is 6.30. The fourth-order valence-corrected chi connectivity index (χ4v) is 4.11. The predicted molar refractivity (Wildman–Crippen MR) is 88.3 cm³/mol. The Morgan fingerprint density at radius 2 is 1.71 bits per heavy atom. The molecular weight excluding hydrogens is 282 g/mol. The van der Waals surface area contributed by atoms with E-state index in [4.69, 9.17) is 0 Å². The maximum absolute atomic E-state index is 12.6. The van der Waals surface area contributed by atoms with E-state index in [1.54, 1.807) is 10.4 Å². The first-order valence-corrected chi connectivity index (χ1v) is 9.10. The van der Waals surface area contributed by atoms with E-state index in [-0.39, 0.29) is 12.1 Å². The van der Waals surface area contributed by atoms with Crippen LogP contribution in [0.5, 0.6) is 0 Å². The highest BCUT2D eigenvalue weighted by Gasteiger charge is 2.39. The van der Waals surface area contributed by atoms with Crippen molar-refractivity contribution in [2.24, 2.45) is 5.92 Å². The van der Waals surface area contributed by atoms with E-state index in [1.165, 1.54) is 11.0 Å². The zero-order valence-electron chi connectivity index (χ0n) is 13.3. The minimum atomic E-state index is -3.36. The summed E-state index contributed by atoms with van der Waals surface area (Å²) in [6.45, 7) is 8.15. The molecule has 0 aliphatic heterocycles. The number of rotatable bonds is 6. The first kappa shape index (κ1) is 16.2. The molecule has 0 amide bonds. The summed E-state index contributed by atoms with van der Waals surface area (Å²) < 4.78 is 27.0. The first-order valence-electron chi connectivity index (χ1n) is 7.59. The van der Waals surface area contributed by atoms with E-state index in [0.29, 0.717) is 5.92 Å². The average molecular weight is 307 g/mol. The Labute approximate surface area is 128 Å². The summed E-state index contributed by atoms with van der Waals surface area (Å²) in [5, 5.41) is 1.36. The van der Waals surface area contributed by atoms with Crippen LogP contribution in [0.3, 0.4) is 0 Å². The number of nitrogens with zero attached hydrogens (tertiary/aromatic N) is 1. The standard InChI is InChI=1S/C17H25NO2S/c1-13(2)15(4)18(17-9-10-17)21(19,20)12-11-16-7-5-14(3)6-8-16/h5-8,11-13,15,17H,9-10H2,1-4H3. The minimum Gasteiger partial charge on any atom is -0.207 e. The monoisotopic (exact) mass is 307 g/mol. The number of benzene rings is 1. The van der Waals surface area contributed by atoms with Crippen LogP contribution >= 0.6 is 0 Å². The van der Waals surface area contributed by atoms with Gasteiger partial charge in [0.2, 0.25) is 10.0 Å². The van der Waals surface area contributed by atoms with Crippen LogP contribution in [0.1, 0.15) is 44.7 Å². The van der Waals surface area contributed by atoms with Gasteiger partial charge in [0, 0.05) is 17.5 Å². The average Bonchev–Trinajstić information content (AvgIpc) is 3.22. The molecule has 116 valence electrons.